The van der Waals surface area contributed by atoms with Gasteiger partial charge in [0.15, 0.2) is 0 Å². The minimum atomic E-state index is -1.10. The Morgan fingerprint density at radius 1 is 0.907 bits per heavy atom. The number of hydrogen-bond acceptors (Lipinski definition) is 6. The van der Waals surface area contributed by atoms with E-state index < -0.39 is 18.6 Å². The first-order valence-electron chi connectivity index (χ1n) is 14.9. The van der Waals surface area contributed by atoms with Crippen LogP contribution >= 0.6 is 11.3 Å². The molecule has 7 nitrogen and oxygen atoms in total. The predicted octanol–water partition coefficient (Wildman–Crippen LogP) is 7.96. The molecule has 0 atom stereocenters. The molecule has 1 amide bonds. The van der Waals surface area contributed by atoms with Gasteiger partial charge >= 0.3 is 12.1 Å². The fourth-order valence-electron chi connectivity index (χ4n) is 5.62. The van der Waals surface area contributed by atoms with Crippen molar-refractivity contribution in [2.24, 2.45) is 5.92 Å². The second-order valence-corrected chi connectivity index (χ2v) is 12.5. The molecule has 4 aromatic rings. The number of carbonyl (C=O) groups excluding carboxylic acids is 1. The topological polar surface area (TPSA) is 83.0 Å². The van der Waals surface area contributed by atoms with Crippen LogP contribution in [-0.4, -0.2) is 40.6 Å². The van der Waals surface area contributed by atoms with Crippen LogP contribution in [-0.2, 0) is 29.2 Å². The van der Waals surface area contributed by atoms with Gasteiger partial charge in [-0.15, -0.1) is 11.3 Å². The zero-order valence-electron chi connectivity index (χ0n) is 24.8. The summed E-state index contributed by atoms with van der Waals surface area (Å²) in [5.41, 5.74) is 6.51. The number of nitrogens with zero attached hydrogens (tertiary/aromatic N) is 3. The largest absolute Gasteiger partial charge is 0.480 e. The number of rotatable bonds is 11. The molecule has 5 rings (SSSR count). The lowest BCUT2D eigenvalue weighted by molar-refractivity contribution is -0.138. The van der Waals surface area contributed by atoms with Gasteiger partial charge in [0.2, 0.25) is 0 Å². The monoisotopic (exact) mass is 597 g/mol. The maximum atomic E-state index is 12.7. The molecule has 1 N–H and O–H groups in total. The standard InChI is InChI=1S/C35H39N3O4S/c1-25-8-12-28(13-9-25)29-14-10-27(11-15-29)20-37(2)31-18-16-30(17-19-31)32-24-43-33(36-32)23-42-35(41)38(22-34(39)40)21-26-6-4-3-5-7-26/h3-7,10-11,14-19,24-25,28H,8-9,12-13,20-23H2,1-2H3,(H,39,40)/t25-,28-. The summed E-state index contributed by atoms with van der Waals surface area (Å²) in [6.07, 6.45) is 4.60. The van der Waals surface area contributed by atoms with Crippen molar-refractivity contribution in [3.8, 4) is 11.3 Å². The molecule has 43 heavy (non-hydrogen) atoms. The van der Waals surface area contributed by atoms with Crippen molar-refractivity contribution >= 4 is 29.1 Å². The molecule has 0 radical (unpaired) electrons. The molecular weight excluding hydrogens is 558 g/mol. The summed E-state index contributed by atoms with van der Waals surface area (Å²) in [5.74, 6) is 0.479. The average Bonchev–Trinajstić information content (AvgIpc) is 3.50. The summed E-state index contributed by atoms with van der Waals surface area (Å²) in [6, 6.07) is 26.7. The van der Waals surface area contributed by atoms with Gasteiger partial charge < -0.3 is 14.7 Å². The molecule has 0 aliphatic heterocycles. The number of benzene rings is 3. The molecule has 1 aromatic heterocycles. The average molecular weight is 598 g/mol. The van der Waals surface area contributed by atoms with E-state index in [9.17, 15) is 14.7 Å². The molecule has 8 heteroatoms. The summed E-state index contributed by atoms with van der Waals surface area (Å²) < 4.78 is 5.43. The number of thiazole rings is 1. The number of aromatic nitrogens is 1. The van der Waals surface area contributed by atoms with E-state index >= 15 is 0 Å². The maximum Gasteiger partial charge on any atom is 0.411 e. The van der Waals surface area contributed by atoms with E-state index in [1.807, 2.05) is 35.7 Å². The van der Waals surface area contributed by atoms with Gasteiger partial charge in [0, 0.05) is 36.8 Å². The highest BCUT2D eigenvalue weighted by Gasteiger charge is 2.21. The highest BCUT2D eigenvalue weighted by atomic mass is 32.1. The van der Waals surface area contributed by atoms with E-state index in [0.29, 0.717) is 10.9 Å². The number of carbonyl (C=O) groups is 2. The summed E-state index contributed by atoms with van der Waals surface area (Å²) in [7, 11) is 2.10. The highest BCUT2D eigenvalue weighted by Crippen LogP contribution is 2.35. The fraction of sp³-hybridized carbons (Fsp3) is 0.343. The highest BCUT2D eigenvalue weighted by molar-refractivity contribution is 7.09. The summed E-state index contributed by atoms with van der Waals surface area (Å²) >= 11 is 1.41. The van der Waals surface area contributed by atoms with Crippen molar-refractivity contribution in [3.63, 3.8) is 0 Å². The van der Waals surface area contributed by atoms with Crippen LogP contribution in [0.4, 0.5) is 10.5 Å². The zero-order valence-corrected chi connectivity index (χ0v) is 25.6. The second kappa shape index (κ2) is 14.3. The second-order valence-electron chi connectivity index (χ2n) is 11.5. The first-order valence-corrected chi connectivity index (χ1v) is 15.7. The Balaban J connectivity index is 1.13. The smallest absolute Gasteiger partial charge is 0.411 e. The first-order chi connectivity index (χ1) is 20.8. The third-order valence-electron chi connectivity index (χ3n) is 8.16. The summed E-state index contributed by atoms with van der Waals surface area (Å²) in [5, 5.41) is 11.8. The molecule has 1 aliphatic carbocycles. The Labute approximate surface area is 257 Å². The van der Waals surface area contributed by atoms with E-state index in [0.717, 1.165) is 35.0 Å². The number of carboxylic acid groups (broad SMARTS) is 1. The van der Waals surface area contributed by atoms with Gasteiger partial charge in [-0.3, -0.25) is 9.69 Å². The van der Waals surface area contributed by atoms with Gasteiger partial charge in [-0.05, 0) is 53.5 Å². The number of amides is 1. The normalized spacial score (nSPS) is 16.4. The number of aliphatic carboxylic acids is 1. The minimum Gasteiger partial charge on any atom is -0.480 e. The van der Waals surface area contributed by atoms with Gasteiger partial charge in [0.1, 0.15) is 18.2 Å². The quantitative estimate of drug-likeness (QED) is 0.189. The van der Waals surface area contributed by atoms with E-state index in [1.54, 1.807) is 0 Å². The molecule has 224 valence electrons. The maximum absolute atomic E-state index is 12.7. The number of carboxylic acids is 1. The van der Waals surface area contributed by atoms with Gasteiger partial charge in [-0.25, -0.2) is 9.78 Å². The molecule has 0 bridgehead atoms. The Kier molecular flexibility index (Phi) is 10.1. The lowest BCUT2D eigenvalue weighted by Crippen LogP contribution is -2.35. The van der Waals surface area contributed by atoms with Crippen LogP contribution in [0.5, 0.6) is 0 Å². The third kappa shape index (κ3) is 8.45. The van der Waals surface area contributed by atoms with Crippen molar-refractivity contribution in [2.75, 3.05) is 18.5 Å². The summed E-state index contributed by atoms with van der Waals surface area (Å²) in [4.78, 5) is 32.0. The van der Waals surface area contributed by atoms with Crippen LogP contribution in [0.1, 0.15) is 60.2 Å². The minimum absolute atomic E-state index is 0.0200. The van der Waals surface area contributed by atoms with Gasteiger partial charge in [-0.1, -0.05) is 86.5 Å². The lowest BCUT2D eigenvalue weighted by Gasteiger charge is -2.26. The van der Waals surface area contributed by atoms with Gasteiger partial charge in [-0.2, -0.15) is 0 Å². The van der Waals surface area contributed by atoms with Crippen LogP contribution in [0, 0.1) is 5.92 Å². The lowest BCUT2D eigenvalue weighted by atomic mass is 9.79. The van der Waals surface area contributed by atoms with E-state index in [2.05, 4.69) is 72.4 Å². The number of anilines is 1. The fourth-order valence-corrected chi connectivity index (χ4v) is 6.33. The van der Waals surface area contributed by atoms with Crippen molar-refractivity contribution < 1.29 is 19.4 Å². The van der Waals surface area contributed by atoms with Crippen molar-refractivity contribution in [1.82, 2.24) is 9.88 Å². The van der Waals surface area contributed by atoms with Crippen LogP contribution in [0.3, 0.4) is 0 Å². The van der Waals surface area contributed by atoms with E-state index in [-0.39, 0.29) is 13.2 Å². The van der Waals surface area contributed by atoms with Crippen LogP contribution in [0.15, 0.2) is 84.2 Å². The predicted molar refractivity (Wildman–Crippen MR) is 171 cm³/mol. The van der Waals surface area contributed by atoms with Crippen LogP contribution in [0.2, 0.25) is 0 Å². The van der Waals surface area contributed by atoms with Crippen LogP contribution in [0.25, 0.3) is 11.3 Å². The Bertz CT molecular complexity index is 1480. The Morgan fingerprint density at radius 2 is 1.58 bits per heavy atom. The molecule has 1 aliphatic rings. The molecule has 0 spiro atoms. The molecule has 0 saturated heterocycles. The van der Waals surface area contributed by atoms with Crippen molar-refractivity contribution in [2.45, 2.75) is 58.2 Å². The zero-order chi connectivity index (χ0) is 30.2. The molecular formula is C35H39N3O4S. The third-order valence-corrected chi connectivity index (χ3v) is 8.98. The number of hydrogen-bond donors (Lipinski definition) is 1. The van der Waals surface area contributed by atoms with E-state index in [4.69, 9.17) is 4.74 Å². The SMILES string of the molecule is CN(Cc1ccc([C@H]2CC[C@H](C)CC2)cc1)c1ccc(-c2csc(COC(=O)N(CC(=O)O)Cc3ccccc3)n2)cc1. The summed E-state index contributed by atoms with van der Waals surface area (Å²) in [6.45, 7) is 2.89. The first kappa shape index (κ1) is 30.3. The molecule has 1 heterocycles. The van der Waals surface area contributed by atoms with Gasteiger partial charge in [0.25, 0.3) is 0 Å². The molecule has 3 aromatic carbocycles. The number of ether oxygens (including phenoxy) is 1. The van der Waals surface area contributed by atoms with Crippen LogP contribution < -0.4 is 4.90 Å². The van der Waals surface area contributed by atoms with Crippen molar-refractivity contribution in [1.29, 1.82) is 0 Å². The van der Waals surface area contributed by atoms with Gasteiger partial charge in [0.05, 0.1) is 5.69 Å². The Hall–Kier alpha value is -4.17. The molecule has 0 unspecified atom stereocenters. The Morgan fingerprint density at radius 3 is 2.26 bits per heavy atom. The molecule has 1 fully saturated rings. The van der Waals surface area contributed by atoms with E-state index in [1.165, 1.54) is 53.0 Å². The molecule has 1 saturated carbocycles. The van der Waals surface area contributed by atoms with Crippen molar-refractivity contribution in [3.05, 3.63) is 106 Å².